The molecule has 0 aromatic rings. The van der Waals surface area contributed by atoms with Crippen molar-refractivity contribution in [2.45, 2.75) is 140 Å². The zero-order chi connectivity index (χ0) is 35.2. The highest BCUT2D eigenvalue weighted by atomic mass is 16.4. The molecule has 0 aliphatic heterocycles. The quantitative estimate of drug-likeness (QED) is 0.0622. The molecular weight excluding hydrogens is 572 g/mol. The fourth-order valence-corrected chi connectivity index (χ4v) is 6.22. The van der Waals surface area contributed by atoms with E-state index in [2.05, 4.69) is 104 Å². The molecule has 0 amide bonds. The molecule has 1 aliphatic rings. The van der Waals surface area contributed by atoms with Gasteiger partial charge in [-0.25, -0.2) is 4.79 Å². The van der Waals surface area contributed by atoms with Gasteiger partial charge in [-0.1, -0.05) is 166 Å². The van der Waals surface area contributed by atoms with Crippen molar-refractivity contribution < 1.29 is 9.90 Å². The molecule has 2 nitrogen and oxygen atoms in total. The van der Waals surface area contributed by atoms with E-state index >= 15 is 0 Å². The molecule has 2 unspecified atom stereocenters. The van der Waals surface area contributed by atoms with Crippen molar-refractivity contribution in [2.75, 3.05) is 0 Å². The first-order valence-corrected chi connectivity index (χ1v) is 18.2. The fraction of sp³-hybridized carbons (Fsp3) is 0.533. The van der Waals surface area contributed by atoms with Crippen molar-refractivity contribution in [3.8, 4) is 0 Å². The molecule has 0 bridgehead atoms. The van der Waals surface area contributed by atoms with Gasteiger partial charge in [0.1, 0.15) is 0 Å². The van der Waals surface area contributed by atoms with Crippen molar-refractivity contribution in [3.63, 3.8) is 0 Å². The van der Waals surface area contributed by atoms with Gasteiger partial charge in [-0.2, -0.15) is 0 Å². The summed E-state index contributed by atoms with van der Waals surface area (Å²) >= 11 is 0. The lowest BCUT2D eigenvalue weighted by Crippen LogP contribution is -2.20. The molecule has 2 atom stereocenters. The zero-order valence-electron chi connectivity index (χ0n) is 31.8. The number of carboxylic acids is 1. The maximum absolute atomic E-state index is 10.8. The third kappa shape index (κ3) is 20.0. The highest BCUT2D eigenvalue weighted by molar-refractivity contribution is 5.86. The SMILES string of the molecule is CC1=C(CCC(C)CCCC(C)CCC/C=C(C)/C=C/C=C(C)/C=C/C=C(C)/C=C/C=C(C)/C=C/C=C(\C)C(=O)O)C(C)(C)CCC1. The Morgan fingerprint density at radius 2 is 1.19 bits per heavy atom. The van der Waals surface area contributed by atoms with Crippen molar-refractivity contribution in [1.29, 1.82) is 0 Å². The van der Waals surface area contributed by atoms with Gasteiger partial charge >= 0.3 is 5.97 Å². The number of hydrogen-bond acceptors (Lipinski definition) is 1. The van der Waals surface area contributed by atoms with Crippen LogP contribution in [0.3, 0.4) is 0 Å². The van der Waals surface area contributed by atoms with E-state index in [4.69, 9.17) is 5.11 Å². The Hall–Kier alpha value is -3.13. The maximum atomic E-state index is 10.8. The Morgan fingerprint density at radius 3 is 1.70 bits per heavy atom. The largest absolute Gasteiger partial charge is 0.478 e. The van der Waals surface area contributed by atoms with Crippen LogP contribution in [0.4, 0.5) is 0 Å². The number of rotatable bonds is 20. The Bertz CT molecular complexity index is 1280. The summed E-state index contributed by atoms with van der Waals surface area (Å²) in [6.07, 6.45) is 41.1. The number of aliphatic carboxylic acids is 1. The second-order valence-corrected chi connectivity index (χ2v) is 14.9. The van der Waals surface area contributed by atoms with Gasteiger partial charge in [-0.3, -0.25) is 0 Å². The van der Waals surface area contributed by atoms with Crippen molar-refractivity contribution >= 4 is 5.97 Å². The van der Waals surface area contributed by atoms with Gasteiger partial charge in [0.15, 0.2) is 0 Å². The van der Waals surface area contributed by atoms with Gasteiger partial charge in [0, 0.05) is 5.57 Å². The van der Waals surface area contributed by atoms with E-state index in [1.54, 1.807) is 30.2 Å². The van der Waals surface area contributed by atoms with Gasteiger partial charge in [0.2, 0.25) is 0 Å². The molecule has 1 N–H and O–H groups in total. The standard InChI is InChI=1S/C45H68O2/c1-35(19-11-12-20-36(2)22-16-28-40(6)32-33-43-41(7)31-18-34-45(43,9)10)21-13-23-37(3)24-14-25-38(4)26-15-27-39(5)29-17-30-42(8)44(46)47/h13-15,17,19,21,23-27,29-30,36,40H,11-12,16,18,20,22,28,31-34H2,1-10H3,(H,46,47)/b21-13+,24-14+,26-15+,29-17+,35-19+,37-23+,38-25+,39-27+,42-30+. The van der Waals surface area contributed by atoms with E-state index < -0.39 is 5.97 Å². The van der Waals surface area contributed by atoms with Crippen LogP contribution in [0.25, 0.3) is 0 Å². The molecule has 0 fully saturated rings. The molecule has 0 aromatic heterocycles. The summed E-state index contributed by atoms with van der Waals surface area (Å²) in [5, 5.41) is 8.89. The normalized spacial score (nSPS) is 18.8. The van der Waals surface area contributed by atoms with Crippen LogP contribution in [0.5, 0.6) is 0 Å². The molecule has 0 spiro atoms. The van der Waals surface area contributed by atoms with Gasteiger partial charge in [0.05, 0.1) is 0 Å². The lowest BCUT2D eigenvalue weighted by molar-refractivity contribution is -0.132. The molecule has 0 heterocycles. The summed E-state index contributed by atoms with van der Waals surface area (Å²) in [4.78, 5) is 10.8. The van der Waals surface area contributed by atoms with E-state index in [1.807, 2.05) is 25.2 Å². The zero-order valence-corrected chi connectivity index (χ0v) is 31.8. The summed E-state index contributed by atoms with van der Waals surface area (Å²) in [5.41, 5.74) is 8.94. The molecule has 260 valence electrons. The number of unbranched alkanes of at least 4 members (excludes halogenated alkanes) is 1. The Balaban J connectivity index is 2.33. The highest BCUT2D eigenvalue weighted by Crippen LogP contribution is 2.43. The summed E-state index contributed by atoms with van der Waals surface area (Å²) in [6, 6.07) is 0. The molecule has 0 radical (unpaired) electrons. The summed E-state index contributed by atoms with van der Waals surface area (Å²) in [5.74, 6) is 0.760. The predicted octanol–water partition coefficient (Wildman–Crippen LogP) is 13.9. The molecule has 0 aromatic carbocycles. The molecule has 1 aliphatic carbocycles. The minimum absolute atomic E-state index is 0.320. The van der Waals surface area contributed by atoms with Crippen LogP contribution in [-0.2, 0) is 4.79 Å². The minimum atomic E-state index is -0.896. The smallest absolute Gasteiger partial charge is 0.331 e. The van der Waals surface area contributed by atoms with E-state index in [1.165, 1.54) is 75.4 Å². The molecule has 0 saturated carbocycles. The first kappa shape index (κ1) is 41.9. The topological polar surface area (TPSA) is 37.3 Å². The van der Waals surface area contributed by atoms with Gasteiger partial charge < -0.3 is 5.11 Å². The van der Waals surface area contributed by atoms with Gasteiger partial charge in [-0.15, -0.1) is 0 Å². The first-order valence-electron chi connectivity index (χ1n) is 18.2. The molecule has 47 heavy (non-hydrogen) atoms. The third-order valence-electron chi connectivity index (χ3n) is 9.53. The molecule has 0 saturated heterocycles. The molecule has 1 rings (SSSR count). The Morgan fingerprint density at radius 1 is 0.723 bits per heavy atom. The lowest BCUT2D eigenvalue weighted by Gasteiger charge is -2.35. The number of hydrogen-bond donors (Lipinski definition) is 1. The van der Waals surface area contributed by atoms with Crippen LogP contribution in [0, 0.1) is 17.3 Å². The maximum Gasteiger partial charge on any atom is 0.331 e. The summed E-state index contributed by atoms with van der Waals surface area (Å²) in [6.45, 7) is 22.2. The van der Waals surface area contributed by atoms with Crippen LogP contribution in [-0.4, -0.2) is 11.1 Å². The predicted molar refractivity (Wildman–Crippen MR) is 209 cm³/mol. The summed E-state index contributed by atoms with van der Waals surface area (Å²) in [7, 11) is 0. The van der Waals surface area contributed by atoms with Crippen LogP contribution < -0.4 is 0 Å². The Labute approximate surface area is 290 Å². The number of carboxylic acid groups (broad SMARTS) is 1. The van der Waals surface area contributed by atoms with Crippen LogP contribution in [0.15, 0.2) is 118 Å². The van der Waals surface area contributed by atoms with Crippen molar-refractivity contribution in [1.82, 2.24) is 0 Å². The van der Waals surface area contributed by atoms with Crippen molar-refractivity contribution in [2.24, 2.45) is 17.3 Å². The lowest BCUT2D eigenvalue weighted by atomic mass is 9.70. The second kappa shape index (κ2) is 23.2. The van der Waals surface area contributed by atoms with E-state index in [0.29, 0.717) is 11.0 Å². The fourth-order valence-electron chi connectivity index (χ4n) is 6.22. The van der Waals surface area contributed by atoms with Crippen molar-refractivity contribution in [3.05, 3.63) is 118 Å². The first-order chi connectivity index (χ1) is 22.2. The summed E-state index contributed by atoms with van der Waals surface area (Å²) < 4.78 is 0. The molecule has 2 heteroatoms. The van der Waals surface area contributed by atoms with Gasteiger partial charge in [0.25, 0.3) is 0 Å². The molecular formula is C45H68O2. The van der Waals surface area contributed by atoms with E-state index in [0.717, 1.165) is 29.4 Å². The average molecular weight is 641 g/mol. The number of carbonyl (C=O) groups is 1. The second-order valence-electron chi connectivity index (χ2n) is 14.9. The third-order valence-corrected chi connectivity index (χ3v) is 9.53. The van der Waals surface area contributed by atoms with Crippen LogP contribution in [0.2, 0.25) is 0 Å². The minimum Gasteiger partial charge on any atom is -0.478 e. The average Bonchev–Trinajstić information content (AvgIpc) is 2.98. The number of allylic oxidation sites excluding steroid dienone is 19. The Kier molecular flexibility index (Phi) is 20.7. The van der Waals surface area contributed by atoms with Gasteiger partial charge in [-0.05, 0) is 104 Å². The van der Waals surface area contributed by atoms with Crippen LogP contribution in [0.1, 0.15) is 140 Å². The highest BCUT2D eigenvalue weighted by Gasteiger charge is 2.28. The van der Waals surface area contributed by atoms with E-state index in [-0.39, 0.29) is 0 Å². The van der Waals surface area contributed by atoms with E-state index in [9.17, 15) is 4.79 Å². The monoisotopic (exact) mass is 641 g/mol. The van der Waals surface area contributed by atoms with Crippen LogP contribution >= 0.6 is 0 Å².